The average Bonchev–Trinajstić information content (AvgIpc) is 4.21. The number of anilines is 4. The van der Waals surface area contributed by atoms with Crippen LogP contribution in [0, 0.1) is 13.8 Å². The van der Waals surface area contributed by atoms with E-state index in [1.165, 1.54) is 18.2 Å². The number of hydrogen-bond donors (Lipinski definition) is 8. The first-order valence-corrected chi connectivity index (χ1v) is 29.5. The Bertz CT molecular complexity index is 3320. The highest BCUT2D eigenvalue weighted by Crippen LogP contribution is 2.31. The molecule has 0 saturated heterocycles. The molecule has 4 aromatic heterocycles. The summed E-state index contributed by atoms with van der Waals surface area (Å²) in [5, 5.41) is 39.2. The fourth-order valence-electron chi connectivity index (χ4n) is 7.35. The number of ether oxygens (including phenoxy) is 1. The lowest BCUT2D eigenvalue weighted by Crippen LogP contribution is -2.31. The van der Waals surface area contributed by atoms with E-state index in [0.717, 1.165) is 98.5 Å². The van der Waals surface area contributed by atoms with Gasteiger partial charge in [0.25, 0.3) is 11.1 Å². The molecule has 0 atom stereocenters. The lowest BCUT2D eigenvalue weighted by molar-refractivity contribution is 0.111. The number of rotatable bonds is 31. The Hall–Kier alpha value is -8.67. The number of aromatic nitrogens is 6. The van der Waals surface area contributed by atoms with Gasteiger partial charge >= 0.3 is 18.2 Å². The van der Waals surface area contributed by atoms with Crippen LogP contribution in [0.25, 0.3) is 0 Å². The number of isocyanates is 1. The normalized spacial score (nSPS) is 10.6. The number of likely N-dealkylation sites (N-methyl/N-ethyl adjacent to an activating group) is 2. The molecule has 0 radical (unpaired) electrons. The lowest BCUT2D eigenvalue weighted by Gasteiger charge is -2.23. The number of aliphatic imine (C=N–C) groups is 1. The number of alkyl carbamates (subject to hydrolysis) is 1. The predicted octanol–water partition coefficient (Wildman–Crippen LogP) is 10.3. The van der Waals surface area contributed by atoms with Crippen LogP contribution in [0.4, 0.5) is 59.3 Å². The Morgan fingerprint density at radius 1 is 0.640 bits per heavy atom. The Balaban J connectivity index is 0.000000308. The molecule has 0 saturated carbocycles. The molecule has 0 unspecified atom stereocenters. The maximum Gasteiger partial charge on any atom is 0.407 e. The van der Waals surface area contributed by atoms with Crippen molar-refractivity contribution in [3.63, 3.8) is 0 Å². The minimum Gasteiger partial charge on any atom is -0.448 e. The number of H-pyrrole nitrogens is 2. The summed E-state index contributed by atoms with van der Waals surface area (Å²) in [6, 6.07) is 16.7. The molecular formula is C54H68Cl2N18O10S2. The van der Waals surface area contributed by atoms with Crippen molar-refractivity contribution in [2.45, 2.75) is 79.1 Å². The van der Waals surface area contributed by atoms with Gasteiger partial charge in [-0.2, -0.15) is 0 Å². The number of nitrogens with zero attached hydrogens (tertiary/aromatic N) is 11. The molecule has 0 aliphatic carbocycles. The Morgan fingerprint density at radius 3 is 1.47 bits per heavy atom. The zero-order chi connectivity index (χ0) is 62.5. The second-order valence-electron chi connectivity index (χ2n) is 18.0. The van der Waals surface area contributed by atoms with E-state index in [1.54, 1.807) is 13.8 Å². The number of aldehydes is 2. The number of amides is 5. The maximum absolute atomic E-state index is 12.0. The van der Waals surface area contributed by atoms with Crippen LogP contribution >= 0.6 is 45.9 Å². The summed E-state index contributed by atoms with van der Waals surface area (Å²) >= 11 is 13.8. The number of unbranched alkanes of at least 4 members (excludes halogenated alkanes) is 6. The first-order chi connectivity index (χ1) is 41.6. The largest absolute Gasteiger partial charge is 0.448 e. The van der Waals surface area contributed by atoms with Crippen LogP contribution in [0.1, 0.15) is 95.9 Å². The second kappa shape index (κ2) is 39.8. The van der Waals surface area contributed by atoms with Gasteiger partial charge in [0, 0.05) is 74.2 Å². The number of hydrogen-bond acceptors (Lipinski definition) is 23. The molecule has 2 aromatic carbocycles. The van der Waals surface area contributed by atoms with Gasteiger partial charge < -0.3 is 35.6 Å². The Labute approximate surface area is 512 Å². The molecular weight excluding hydrogens is 1200 g/mol. The standard InChI is InChI=1S/C27H34ClN9O5S.C14H15ClN4O2S.C13H19N5O3/c1-3-37(20-10-8-19(9-11-20)35-36-26-33-23(28)21(17-38)43-26)14-15-42-27(41)30-13-7-5-4-6-12-29-25(40)34-24-31-18(2)16-22(39)32-24;1-2-19(7-8-20)11-5-3-10(4-6-11)17-18-14-16-13(15)12(9-21)22-14;1-10-8-11(20)17-12(16-10)18-13(21)15-7-5-3-2-4-6-14-9-19/h8-11,16-17H,3-7,12-15H2,1-2H3,(H,30,41)(H3,29,31,32,34,39,40);3-6,9,20H,2,7-8H2,1H3;8H,2-7H2,1H3,(H3,15,16,17,18,20,21). The molecule has 0 spiro atoms. The highest BCUT2D eigenvalue weighted by atomic mass is 35.5. The van der Waals surface area contributed by atoms with Crippen LogP contribution < -0.4 is 47.5 Å². The summed E-state index contributed by atoms with van der Waals surface area (Å²) in [7, 11) is 0. The fraction of sp³-hybridized carbons (Fsp3) is 0.407. The molecule has 32 heteroatoms. The van der Waals surface area contributed by atoms with Crippen LogP contribution in [-0.2, 0) is 9.53 Å². The molecule has 5 amide bonds. The van der Waals surface area contributed by atoms with Crippen LogP contribution in [0.2, 0.25) is 10.3 Å². The number of aryl methyl sites for hydroxylation is 2. The predicted molar refractivity (Wildman–Crippen MR) is 332 cm³/mol. The number of aliphatic hydroxyl groups is 1. The van der Waals surface area contributed by atoms with Crippen LogP contribution in [0.5, 0.6) is 0 Å². The van der Waals surface area contributed by atoms with Gasteiger partial charge in [0.2, 0.25) is 28.2 Å². The molecule has 0 aliphatic heterocycles. The van der Waals surface area contributed by atoms with E-state index in [2.05, 4.69) is 91.7 Å². The number of thiazole rings is 2. The molecule has 86 heavy (non-hydrogen) atoms. The third-order valence-electron chi connectivity index (χ3n) is 11.5. The Morgan fingerprint density at radius 2 is 1.07 bits per heavy atom. The van der Waals surface area contributed by atoms with Gasteiger partial charge in [-0.05, 0) is 102 Å². The zero-order valence-corrected chi connectivity index (χ0v) is 50.9. The summed E-state index contributed by atoms with van der Waals surface area (Å²) in [4.78, 5) is 119. The minimum absolute atomic E-state index is 0.104. The first-order valence-electron chi connectivity index (χ1n) is 27.1. The SMILES string of the molecule is CCN(CCO)c1ccc(N=Nc2nc(Cl)c(C=O)s2)cc1.CCN(CCOC(=O)NCCCCCCNC(=O)Nc1nc(C)cc(=O)[nH]1)c1ccc(N=Nc2nc(Cl)c(C=O)s2)cc1.Cc1cc(=O)[nH]c(NC(=O)NCCCCCCN=C=O)n1. The van der Waals surface area contributed by atoms with E-state index in [4.69, 9.17) is 33.0 Å². The number of carbonyl (C=O) groups is 5. The molecule has 0 aliphatic rings. The Kier molecular flexibility index (Phi) is 32.3. The van der Waals surface area contributed by atoms with Crippen molar-refractivity contribution in [3.05, 3.63) is 113 Å². The highest BCUT2D eigenvalue weighted by molar-refractivity contribution is 7.17. The lowest BCUT2D eigenvalue weighted by atomic mass is 10.2. The molecule has 0 bridgehead atoms. The molecule has 6 aromatic rings. The van der Waals surface area contributed by atoms with Gasteiger partial charge in [0.1, 0.15) is 16.4 Å². The number of azo groups is 2. The molecule has 6 rings (SSSR count). The molecule has 4 heterocycles. The maximum atomic E-state index is 12.0. The van der Waals surface area contributed by atoms with Gasteiger partial charge in [-0.3, -0.25) is 39.8 Å². The van der Waals surface area contributed by atoms with Gasteiger partial charge in [0.05, 0.1) is 31.1 Å². The molecule has 0 fully saturated rings. The van der Waals surface area contributed by atoms with Crippen molar-refractivity contribution in [1.29, 1.82) is 0 Å². The monoisotopic (exact) mass is 1260 g/mol. The van der Waals surface area contributed by atoms with Crippen LogP contribution in [-0.4, -0.2) is 137 Å². The highest BCUT2D eigenvalue weighted by Gasteiger charge is 2.12. The van der Waals surface area contributed by atoms with Crippen molar-refractivity contribution in [2.24, 2.45) is 25.4 Å². The number of halogens is 2. The minimum atomic E-state index is -0.465. The summed E-state index contributed by atoms with van der Waals surface area (Å²) in [5.41, 5.74) is 3.65. The summed E-state index contributed by atoms with van der Waals surface area (Å²) < 4.78 is 5.31. The van der Waals surface area contributed by atoms with E-state index in [-0.39, 0.29) is 46.5 Å². The van der Waals surface area contributed by atoms with Crippen molar-refractivity contribution in [1.82, 2.24) is 45.9 Å². The number of carbonyl (C=O) groups excluding carboxylic acids is 6. The van der Waals surface area contributed by atoms with Crippen molar-refractivity contribution < 1.29 is 38.6 Å². The number of nitrogens with one attached hydrogen (secondary N) is 7. The first kappa shape index (κ1) is 69.8. The number of urea groups is 2. The number of aliphatic hydroxyl groups excluding tert-OH is 1. The van der Waals surface area contributed by atoms with E-state index < -0.39 is 18.2 Å². The quantitative estimate of drug-likeness (QED) is 0.00659. The average molecular weight is 1260 g/mol. The smallest absolute Gasteiger partial charge is 0.407 e. The third kappa shape index (κ3) is 27.4. The van der Waals surface area contributed by atoms with Gasteiger partial charge in [-0.15, -0.1) is 20.5 Å². The topological polar surface area (TPSA) is 378 Å². The number of benzene rings is 2. The molecule has 28 nitrogen and oxygen atoms in total. The van der Waals surface area contributed by atoms with Crippen LogP contribution in [0.15, 0.2) is 95.7 Å². The summed E-state index contributed by atoms with van der Waals surface area (Å²) in [5.74, 6) is 0.233. The van der Waals surface area contributed by atoms with Gasteiger partial charge in [-0.25, -0.2) is 44.1 Å². The van der Waals surface area contributed by atoms with Gasteiger partial charge in [0.15, 0.2) is 22.9 Å². The van der Waals surface area contributed by atoms with Crippen LogP contribution in [0.3, 0.4) is 0 Å². The zero-order valence-electron chi connectivity index (χ0n) is 47.8. The molecule has 460 valence electrons. The van der Waals surface area contributed by atoms with Crippen molar-refractivity contribution >= 4 is 128 Å². The second-order valence-corrected chi connectivity index (χ2v) is 20.7. The van der Waals surface area contributed by atoms with E-state index >= 15 is 0 Å². The van der Waals surface area contributed by atoms with E-state index in [9.17, 15) is 38.4 Å². The number of aromatic amines is 2. The molecule has 8 N–H and O–H groups in total. The van der Waals surface area contributed by atoms with Crippen molar-refractivity contribution in [2.75, 3.05) is 86.0 Å². The van der Waals surface area contributed by atoms with Gasteiger partial charge in [-0.1, -0.05) is 71.6 Å². The summed E-state index contributed by atoms with van der Waals surface area (Å²) in [6.45, 7) is 12.4. The van der Waals surface area contributed by atoms with Crippen molar-refractivity contribution in [3.8, 4) is 0 Å². The fourth-order valence-corrected chi connectivity index (χ4v) is 9.12. The van der Waals surface area contributed by atoms with E-state index in [0.29, 0.717) is 94.6 Å². The van der Waals surface area contributed by atoms with E-state index in [1.807, 2.05) is 62.4 Å². The third-order valence-corrected chi connectivity index (χ3v) is 14.0. The summed E-state index contributed by atoms with van der Waals surface area (Å²) in [6.07, 6.45) is 9.18.